The van der Waals surface area contributed by atoms with Gasteiger partial charge in [0.05, 0.1) is 6.10 Å². The zero-order valence-electron chi connectivity index (χ0n) is 13.6. The molecule has 0 radical (unpaired) electrons. The van der Waals surface area contributed by atoms with Gasteiger partial charge in [-0.05, 0) is 45.1 Å². The van der Waals surface area contributed by atoms with Gasteiger partial charge in [-0.2, -0.15) is 0 Å². The van der Waals surface area contributed by atoms with Gasteiger partial charge in [-0.1, -0.05) is 20.3 Å². The second-order valence-corrected chi connectivity index (χ2v) is 6.38. The lowest BCUT2D eigenvalue weighted by molar-refractivity contribution is -0.141. The molecule has 5 heteroatoms. The first kappa shape index (κ1) is 18.1. The van der Waals surface area contributed by atoms with E-state index in [1.807, 2.05) is 6.92 Å². The van der Waals surface area contributed by atoms with Gasteiger partial charge in [0.15, 0.2) is 0 Å². The van der Waals surface area contributed by atoms with Crippen molar-refractivity contribution < 1.29 is 14.4 Å². The molecule has 1 saturated heterocycles. The van der Waals surface area contributed by atoms with Crippen LogP contribution >= 0.6 is 0 Å². The van der Waals surface area contributed by atoms with Crippen molar-refractivity contribution in [3.63, 3.8) is 0 Å². The highest BCUT2D eigenvalue weighted by Gasteiger charge is 2.19. The Morgan fingerprint density at radius 1 is 1.29 bits per heavy atom. The van der Waals surface area contributed by atoms with E-state index < -0.39 is 0 Å². The summed E-state index contributed by atoms with van der Waals surface area (Å²) in [6.45, 7) is 7.52. The smallest absolute Gasteiger partial charge is 0.246 e. The Morgan fingerprint density at radius 3 is 2.67 bits per heavy atom. The van der Waals surface area contributed by atoms with Crippen molar-refractivity contribution in [2.24, 2.45) is 11.8 Å². The van der Waals surface area contributed by atoms with E-state index in [2.05, 4.69) is 17.7 Å². The normalized spacial score (nSPS) is 21.0. The van der Waals surface area contributed by atoms with Crippen LogP contribution in [0.15, 0.2) is 0 Å². The van der Waals surface area contributed by atoms with E-state index in [4.69, 9.17) is 4.84 Å². The Balaban J connectivity index is 2.09. The third kappa shape index (κ3) is 8.17. The number of hydrogen-bond donors (Lipinski definition) is 2. The lowest BCUT2D eigenvalue weighted by Gasteiger charge is -2.17. The van der Waals surface area contributed by atoms with Crippen molar-refractivity contribution in [1.29, 1.82) is 0 Å². The number of carbonyl (C=O) groups is 2. The number of amides is 1. The van der Waals surface area contributed by atoms with Crippen LogP contribution in [-0.2, 0) is 14.4 Å². The topological polar surface area (TPSA) is 67.4 Å². The molecule has 3 unspecified atom stereocenters. The summed E-state index contributed by atoms with van der Waals surface area (Å²) in [6, 6.07) is 0. The van der Waals surface area contributed by atoms with Crippen molar-refractivity contribution in [2.75, 3.05) is 13.1 Å². The average Bonchev–Trinajstić information content (AvgIpc) is 2.95. The summed E-state index contributed by atoms with van der Waals surface area (Å²) in [4.78, 5) is 28.2. The summed E-state index contributed by atoms with van der Waals surface area (Å²) in [7, 11) is 0. The van der Waals surface area contributed by atoms with Gasteiger partial charge in [-0.25, -0.2) is 5.48 Å². The second-order valence-electron chi connectivity index (χ2n) is 6.38. The van der Waals surface area contributed by atoms with Crippen LogP contribution in [0.1, 0.15) is 59.3 Å². The minimum Gasteiger partial charge on any atom is -0.314 e. The maximum Gasteiger partial charge on any atom is 0.246 e. The van der Waals surface area contributed by atoms with Crippen molar-refractivity contribution in [2.45, 2.75) is 65.4 Å². The van der Waals surface area contributed by atoms with Crippen molar-refractivity contribution >= 4 is 11.7 Å². The Bertz CT molecular complexity index is 327. The number of hydrogen-bond acceptors (Lipinski definition) is 4. The zero-order chi connectivity index (χ0) is 15.7. The van der Waals surface area contributed by atoms with Crippen LogP contribution in [0.3, 0.4) is 0 Å². The summed E-state index contributed by atoms with van der Waals surface area (Å²) in [5.41, 5.74) is 2.58. The molecule has 1 amide bonds. The van der Waals surface area contributed by atoms with Gasteiger partial charge in [-0.3, -0.25) is 9.63 Å². The van der Waals surface area contributed by atoms with Gasteiger partial charge >= 0.3 is 0 Å². The van der Waals surface area contributed by atoms with Gasteiger partial charge in [0.25, 0.3) is 0 Å². The molecule has 0 saturated carbocycles. The first-order chi connectivity index (χ1) is 9.99. The predicted octanol–water partition coefficient (Wildman–Crippen LogP) is 2.21. The molecule has 1 aliphatic heterocycles. The second kappa shape index (κ2) is 9.90. The highest BCUT2D eigenvalue weighted by atomic mass is 16.7. The maximum atomic E-state index is 11.9. The monoisotopic (exact) mass is 298 g/mol. The fourth-order valence-corrected chi connectivity index (χ4v) is 2.48. The molecule has 122 valence electrons. The molecule has 1 aliphatic rings. The number of nitrogens with one attached hydrogen (secondary N) is 2. The maximum absolute atomic E-state index is 11.9. The Kier molecular flexibility index (Phi) is 8.54. The lowest BCUT2D eigenvalue weighted by atomic mass is 9.93. The standard InChI is InChI=1S/C16H30N2O3/c1-12(5-4-6-14(3)19)7-8-13(2)16(20)18-21-15-9-10-17-11-15/h12-13,15,17H,4-11H2,1-3H3,(H,18,20). The number of rotatable bonds is 10. The highest BCUT2D eigenvalue weighted by molar-refractivity contribution is 5.77. The number of Topliss-reactive ketones (excluding diaryl/α,β-unsaturated/α-hetero) is 1. The Hall–Kier alpha value is -0.940. The number of hydroxylamine groups is 1. The first-order valence-electron chi connectivity index (χ1n) is 8.14. The zero-order valence-corrected chi connectivity index (χ0v) is 13.6. The van der Waals surface area contributed by atoms with E-state index >= 15 is 0 Å². The molecule has 0 aliphatic carbocycles. The average molecular weight is 298 g/mol. The third-order valence-corrected chi connectivity index (χ3v) is 4.11. The van der Waals surface area contributed by atoms with Crippen molar-refractivity contribution in [3.05, 3.63) is 0 Å². The van der Waals surface area contributed by atoms with E-state index in [1.54, 1.807) is 6.92 Å². The predicted molar refractivity (Wildman–Crippen MR) is 82.6 cm³/mol. The van der Waals surface area contributed by atoms with Gasteiger partial charge in [0, 0.05) is 18.9 Å². The van der Waals surface area contributed by atoms with Crippen LogP contribution in [-0.4, -0.2) is 30.9 Å². The minimum absolute atomic E-state index is 0.0298. The quantitative estimate of drug-likeness (QED) is 0.607. The van der Waals surface area contributed by atoms with E-state index in [1.165, 1.54) is 0 Å². The molecule has 1 heterocycles. The first-order valence-corrected chi connectivity index (χ1v) is 8.14. The molecule has 1 rings (SSSR count). The van der Waals surface area contributed by atoms with Crippen molar-refractivity contribution in [3.8, 4) is 0 Å². The molecular weight excluding hydrogens is 268 g/mol. The molecule has 0 aromatic heterocycles. The van der Waals surface area contributed by atoms with Crippen LogP contribution in [0.25, 0.3) is 0 Å². The molecule has 5 nitrogen and oxygen atoms in total. The molecule has 0 aromatic rings. The molecular formula is C16H30N2O3. The fraction of sp³-hybridized carbons (Fsp3) is 0.875. The summed E-state index contributed by atoms with van der Waals surface area (Å²) >= 11 is 0. The summed E-state index contributed by atoms with van der Waals surface area (Å²) in [5, 5.41) is 3.19. The van der Waals surface area contributed by atoms with Crippen LogP contribution in [0.4, 0.5) is 0 Å². The lowest BCUT2D eigenvalue weighted by Crippen LogP contribution is -2.34. The van der Waals surface area contributed by atoms with Crippen molar-refractivity contribution in [1.82, 2.24) is 10.8 Å². The molecule has 0 bridgehead atoms. The molecule has 21 heavy (non-hydrogen) atoms. The number of ketones is 1. The summed E-state index contributed by atoms with van der Waals surface area (Å²) in [6.07, 6.45) is 5.60. The third-order valence-electron chi connectivity index (χ3n) is 4.11. The van der Waals surface area contributed by atoms with E-state index in [0.717, 1.165) is 45.2 Å². The van der Waals surface area contributed by atoms with Crippen LogP contribution in [0.5, 0.6) is 0 Å². The van der Waals surface area contributed by atoms with Gasteiger partial charge in [-0.15, -0.1) is 0 Å². The molecule has 3 atom stereocenters. The summed E-state index contributed by atoms with van der Waals surface area (Å²) < 4.78 is 0. The van der Waals surface area contributed by atoms with E-state index in [9.17, 15) is 9.59 Å². The van der Waals surface area contributed by atoms with Crippen LogP contribution < -0.4 is 10.8 Å². The van der Waals surface area contributed by atoms with Gasteiger partial charge in [0.1, 0.15) is 5.78 Å². The number of carbonyl (C=O) groups excluding carboxylic acids is 2. The molecule has 2 N–H and O–H groups in total. The fourth-order valence-electron chi connectivity index (χ4n) is 2.48. The Morgan fingerprint density at radius 2 is 2.05 bits per heavy atom. The SMILES string of the molecule is CC(=O)CCCC(C)CCC(C)C(=O)NOC1CCNC1. The minimum atomic E-state index is -0.0328. The van der Waals surface area contributed by atoms with E-state index in [-0.39, 0.29) is 23.7 Å². The van der Waals surface area contributed by atoms with Gasteiger partial charge < -0.3 is 10.1 Å². The van der Waals surface area contributed by atoms with E-state index in [0.29, 0.717) is 12.3 Å². The van der Waals surface area contributed by atoms with Crippen LogP contribution in [0, 0.1) is 11.8 Å². The molecule has 0 spiro atoms. The largest absolute Gasteiger partial charge is 0.314 e. The summed E-state index contributed by atoms with van der Waals surface area (Å²) in [5.74, 6) is 0.750. The molecule has 1 fully saturated rings. The Labute approximate surface area is 128 Å². The van der Waals surface area contributed by atoms with Crippen LogP contribution in [0.2, 0.25) is 0 Å². The van der Waals surface area contributed by atoms with Gasteiger partial charge in [0.2, 0.25) is 5.91 Å². The molecule has 0 aromatic carbocycles. The highest BCUT2D eigenvalue weighted by Crippen LogP contribution is 2.18.